The number of hydrogen-bond donors (Lipinski definition) is 0. The Hall–Kier alpha value is -0.888. The summed E-state index contributed by atoms with van der Waals surface area (Å²) in [7, 11) is 0. The van der Waals surface area contributed by atoms with Gasteiger partial charge in [-0.3, -0.25) is 0 Å². The number of carbonyl (C=O) groups is 2. The fourth-order valence-corrected chi connectivity index (χ4v) is 3.09. The van der Waals surface area contributed by atoms with Gasteiger partial charge in [0.1, 0.15) is 0 Å². The van der Waals surface area contributed by atoms with Crippen molar-refractivity contribution in [3.05, 3.63) is 35.4 Å². The van der Waals surface area contributed by atoms with E-state index in [-0.39, 0.29) is 32.8 Å². The van der Waals surface area contributed by atoms with E-state index >= 15 is 0 Å². The monoisotopic (exact) mass is 532 g/mol. The molecule has 0 aliphatic heterocycles. The third kappa shape index (κ3) is 14.2. The molecule has 1 rings (SSSR count). The Bertz CT molecular complexity index is 517. The molecule has 0 fully saturated rings. The van der Waals surface area contributed by atoms with Gasteiger partial charge in [0.05, 0.1) is 24.3 Å². The number of halogens is 1. The van der Waals surface area contributed by atoms with Crippen LogP contribution in [0.5, 0.6) is 0 Å². The van der Waals surface area contributed by atoms with Crippen LogP contribution in [0.25, 0.3) is 0 Å². The van der Waals surface area contributed by atoms with Crippen molar-refractivity contribution in [1.82, 2.24) is 0 Å². The number of hydrogen-bond acceptors (Lipinski definition) is 4. The molecule has 0 aliphatic rings. The Morgan fingerprint density at radius 3 is 1.33 bits per heavy atom. The van der Waals surface area contributed by atoms with E-state index in [1.54, 1.807) is 24.3 Å². The summed E-state index contributed by atoms with van der Waals surface area (Å²) in [6.45, 7) is 5.17. The normalized spacial score (nSPS) is 9.93. The first kappa shape index (κ1) is 31.3. The number of esters is 2. The maximum Gasteiger partial charge on any atom is 0.339 e. The number of carbonyl (C=O) groups excluding carboxylic acids is 2. The van der Waals surface area contributed by atoms with Gasteiger partial charge >= 0.3 is 11.9 Å². The molecular weight excluding hydrogens is 494 g/mol. The largest absolute Gasteiger partial charge is 0.462 e. The molecule has 0 aliphatic carbocycles. The molecule has 1 aromatic carbocycles. The quantitative estimate of drug-likeness (QED) is 0.129. The van der Waals surface area contributed by atoms with Crippen LogP contribution in [0.1, 0.15) is 112 Å². The van der Waals surface area contributed by atoms with Gasteiger partial charge in [0.2, 0.25) is 0 Å². The summed E-state index contributed by atoms with van der Waals surface area (Å²) in [5.41, 5.74) is 0.586. The minimum Gasteiger partial charge on any atom is -0.462 e. The van der Waals surface area contributed by atoms with Gasteiger partial charge in [-0.15, -0.1) is 12.4 Å². The minimum absolute atomic E-state index is 0. The Morgan fingerprint density at radius 2 is 0.967 bits per heavy atom. The van der Waals surface area contributed by atoms with Gasteiger partial charge in [-0.05, 0) is 25.0 Å². The Balaban J connectivity index is 0. The van der Waals surface area contributed by atoms with E-state index in [0.29, 0.717) is 24.3 Å². The fourth-order valence-electron chi connectivity index (χ4n) is 3.09. The van der Waals surface area contributed by atoms with Crippen LogP contribution in [0.2, 0.25) is 0 Å². The van der Waals surface area contributed by atoms with Gasteiger partial charge in [0.15, 0.2) is 0 Å². The molecule has 0 N–H and O–H groups in total. The van der Waals surface area contributed by atoms with Crippen molar-refractivity contribution in [2.24, 2.45) is 0 Å². The van der Waals surface area contributed by atoms with Crippen molar-refractivity contribution in [1.29, 1.82) is 0 Å². The maximum atomic E-state index is 12.4. The summed E-state index contributed by atoms with van der Waals surface area (Å²) < 4.78 is 10.7. The van der Waals surface area contributed by atoms with Crippen LogP contribution in [0.4, 0.5) is 0 Å². The first-order chi connectivity index (χ1) is 13.7. The van der Waals surface area contributed by atoms with Crippen LogP contribution in [-0.2, 0) is 29.9 Å². The van der Waals surface area contributed by atoms with Crippen molar-refractivity contribution in [2.75, 3.05) is 13.2 Å². The van der Waals surface area contributed by atoms with Crippen molar-refractivity contribution in [3.8, 4) is 0 Å². The predicted molar refractivity (Wildman–Crippen MR) is 121 cm³/mol. The van der Waals surface area contributed by atoms with Crippen LogP contribution < -0.4 is 0 Å². The van der Waals surface area contributed by atoms with Crippen molar-refractivity contribution >= 4 is 24.3 Å². The first-order valence-corrected chi connectivity index (χ1v) is 11.1. The molecule has 0 spiro atoms. The summed E-state index contributed by atoms with van der Waals surface area (Å²) in [4.78, 5) is 24.7. The molecular formula is C24H39ClO4Pd. The van der Waals surface area contributed by atoms with Crippen LogP contribution in [0.15, 0.2) is 24.3 Å². The summed E-state index contributed by atoms with van der Waals surface area (Å²) in [5, 5.41) is 0. The third-order valence-electron chi connectivity index (χ3n) is 4.83. The molecule has 176 valence electrons. The molecule has 0 saturated carbocycles. The first-order valence-electron chi connectivity index (χ1n) is 11.1. The van der Waals surface area contributed by atoms with Gasteiger partial charge in [-0.1, -0.05) is 90.2 Å². The molecule has 0 atom stereocenters. The van der Waals surface area contributed by atoms with E-state index in [0.717, 1.165) is 25.7 Å². The molecule has 4 nitrogen and oxygen atoms in total. The molecule has 0 heterocycles. The third-order valence-corrected chi connectivity index (χ3v) is 4.83. The molecule has 0 amide bonds. The zero-order chi connectivity index (χ0) is 20.5. The average Bonchev–Trinajstić information content (AvgIpc) is 2.72. The number of rotatable bonds is 16. The molecule has 30 heavy (non-hydrogen) atoms. The van der Waals surface area contributed by atoms with E-state index in [2.05, 4.69) is 13.8 Å². The minimum atomic E-state index is -0.444. The standard InChI is InChI=1S/C24H38O4.ClH.Pd/c1-3-5-7-9-11-15-19-27-23(25)21-17-13-14-18-22(21)24(26)28-20-16-12-10-8-6-4-2;;/h13-14,17-18H,3-12,15-16,19-20H2,1-2H3;1H;. The topological polar surface area (TPSA) is 52.6 Å². The number of unbranched alkanes of at least 4 members (excludes halogenated alkanes) is 10. The van der Waals surface area contributed by atoms with E-state index in [9.17, 15) is 9.59 Å². The van der Waals surface area contributed by atoms with E-state index < -0.39 is 11.9 Å². The van der Waals surface area contributed by atoms with Crippen molar-refractivity contribution in [3.63, 3.8) is 0 Å². The second-order valence-corrected chi connectivity index (χ2v) is 7.35. The van der Waals surface area contributed by atoms with Crippen LogP contribution in [0.3, 0.4) is 0 Å². The number of ether oxygens (including phenoxy) is 2. The molecule has 0 radical (unpaired) electrons. The predicted octanol–water partition coefficient (Wildman–Crippen LogP) is 7.14. The van der Waals surface area contributed by atoms with Crippen LogP contribution in [0, 0.1) is 0 Å². The summed E-state index contributed by atoms with van der Waals surface area (Å²) in [5.74, 6) is -0.888. The molecule has 0 bridgehead atoms. The summed E-state index contributed by atoms with van der Waals surface area (Å²) in [6, 6.07) is 6.74. The zero-order valence-electron chi connectivity index (χ0n) is 18.6. The summed E-state index contributed by atoms with van der Waals surface area (Å²) >= 11 is 0. The van der Waals surface area contributed by atoms with E-state index in [1.807, 2.05) is 0 Å². The zero-order valence-corrected chi connectivity index (χ0v) is 20.9. The van der Waals surface area contributed by atoms with E-state index in [1.165, 1.54) is 51.4 Å². The SMILES string of the molecule is CCCCCCCCOC(=O)c1ccccc1C(=O)OCCCCCCCC.Cl.[Pd]. The molecule has 1 aromatic rings. The second kappa shape index (κ2) is 21.3. The molecule has 0 aromatic heterocycles. The molecule has 0 unspecified atom stereocenters. The smallest absolute Gasteiger partial charge is 0.339 e. The Morgan fingerprint density at radius 1 is 0.633 bits per heavy atom. The van der Waals surface area contributed by atoms with Gasteiger partial charge in [-0.25, -0.2) is 9.59 Å². The second-order valence-electron chi connectivity index (χ2n) is 7.35. The fraction of sp³-hybridized carbons (Fsp3) is 0.667. The van der Waals surface area contributed by atoms with Crippen LogP contribution in [-0.4, -0.2) is 25.2 Å². The van der Waals surface area contributed by atoms with Gasteiger partial charge in [-0.2, -0.15) is 0 Å². The maximum absolute atomic E-state index is 12.4. The average molecular weight is 533 g/mol. The Labute approximate surface area is 202 Å². The van der Waals surface area contributed by atoms with Crippen molar-refractivity contribution in [2.45, 2.75) is 90.9 Å². The summed E-state index contributed by atoms with van der Waals surface area (Å²) in [6.07, 6.45) is 13.6. The Kier molecular flexibility index (Phi) is 22.3. The van der Waals surface area contributed by atoms with Crippen LogP contribution >= 0.6 is 12.4 Å². The molecule has 6 heteroatoms. The van der Waals surface area contributed by atoms with E-state index in [4.69, 9.17) is 9.47 Å². The van der Waals surface area contributed by atoms with Gasteiger partial charge < -0.3 is 9.47 Å². The van der Waals surface area contributed by atoms with Crippen molar-refractivity contribution < 1.29 is 39.5 Å². The van der Waals surface area contributed by atoms with Gasteiger partial charge in [0.25, 0.3) is 0 Å². The van der Waals surface area contributed by atoms with Gasteiger partial charge in [0, 0.05) is 20.4 Å². The number of benzene rings is 1. The molecule has 0 saturated heterocycles.